The summed E-state index contributed by atoms with van der Waals surface area (Å²) in [5, 5.41) is 5.95. The standard InChI is InChI=1S/C41H32Cl4N4O2S/c1-48-22-32(29-19-18-28(44)21-33(29)45)41(40(48)31-8-4-5-9-34(31)46-37(40)50)38(51)49-36(24-12-16-27(43)17-13-24)30-7-3-2-6-25(35(30)47-39(49)52-41)20-23-10-14-26(42)15-11-23/h4-5,8-21,32,36H,2-3,6-7,22H2,1H3,(H,46,50)/b25-20+/t32-,36-,40+,41-/m1/s1. The highest BCUT2D eigenvalue weighted by Gasteiger charge is 2.78. The number of thioether (sulfide) groups is 1. The number of rotatable bonds is 3. The maximum Gasteiger partial charge on any atom is 0.251 e. The highest BCUT2D eigenvalue weighted by Crippen LogP contribution is 2.68. The molecule has 2 fully saturated rings. The Morgan fingerprint density at radius 1 is 0.865 bits per heavy atom. The monoisotopic (exact) mass is 784 g/mol. The molecule has 4 aliphatic heterocycles. The number of nitrogens with zero attached hydrogens (tertiary/aromatic N) is 3. The van der Waals surface area contributed by atoms with Gasteiger partial charge in [0.2, 0.25) is 5.91 Å². The maximum atomic E-state index is 16.1. The summed E-state index contributed by atoms with van der Waals surface area (Å²) in [6, 6.07) is 28.2. The van der Waals surface area contributed by atoms with Gasteiger partial charge in [-0.2, -0.15) is 0 Å². The number of hydrogen-bond donors (Lipinski definition) is 1. The van der Waals surface area contributed by atoms with E-state index < -0.39 is 22.2 Å². The number of para-hydroxylation sites is 1. The lowest BCUT2D eigenvalue weighted by atomic mass is 9.71. The van der Waals surface area contributed by atoms with Gasteiger partial charge in [-0.15, -0.1) is 0 Å². The molecule has 0 saturated carbocycles. The molecule has 1 aliphatic carbocycles. The molecule has 2 amide bonds. The number of carbonyl (C=O) groups is 2. The predicted molar refractivity (Wildman–Crippen MR) is 212 cm³/mol. The van der Waals surface area contributed by atoms with Crippen molar-refractivity contribution >= 4 is 86.9 Å². The molecule has 4 atom stereocenters. The van der Waals surface area contributed by atoms with Crippen molar-refractivity contribution in [1.82, 2.24) is 9.80 Å². The van der Waals surface area contributed by atoms with E-state index >= 15 is 4.79 Å². The van der Waals surface area contributed by atoms with Gasteiger partial charge in [0.1, 0.15) is 4.75 Å². The minimum atomic E-state index is -1.38. The molecule has 4 heterocycles. The number of hydrogen-bond acceptors (Lipinski definition) is 5. The van der Waals surface area contributed by atoms with Crippen LogP contribution in [0.1, 0.15) is 59.9 Å². The average Bonchev–Trinajstić information content (AvgIpc) is 3.63. The fourth-order valence-corrected chi connectivity index (χ4v) is 11.6. The summed E-state index contributed by atoms with van der Waals surface area (Å²) in [7, 11) is 1.93. The van der Waals surface area contributed by atoms with Gasteiger partial charge >= 0.3 is 0 Å². The summed E-state index contributed by atoms with van der Waals surface area (Å²) in [6.07, 6.45) is 5.71. The molecule has 1 N–H and O–H groups in total. The summed E-state index contributed by atoms with van der Waals surface area (Å²) >= 11 is 27.5. The van der Waals surface area contributed by atoms with Gasteiger partial charge in [0.05, 0.1) is 11.7 Å². The number of carbonyl (C=O) groups excluding carboxylic acids is 2. The van der Waals surface area contributed by atoms with Crippen molar-refractivity contribution in [2.24, 2.45) is 4.99 Å². The van der Waals surface area contributed by atoms with Crippen LogP contribution in [0.5, 0.6) is 0 Å². The highest BCUT2D eigenvalue weighted by atomic mass is 35.5. The van der Waals surface area contributed by atoms with E-state index in [9.17, 15) is 4.79 Å². The van der Waals surface area contributed by atoms with Gasteiger partial charge in [-0.3, -0.25) is 19.4 Å². The van der Waals surface area contributed by atoms with E-state index in [1.165, 1.54) is 11.8 Å². The Kier molecular flexibility index (Phi) is 8.42. The molecule has 5 aliphatic rings. The van der Waals surface area contributed by atoms with Gasteiger partial charge < -0.3 is 5.32 Å². The van der Waals surface area contributed by atoms with Gasteiger partial charge in [-0.05, 0) is 109 Å². The second-order valence-corrected chi connectivity index (χ2v) is 16.9. The molecule has 11 heteroatoms. The topological polar surface area (TPSA) is 65.0 Å². The minimum absolute atomic E-state index is 0.178. The molecule has 4 aromatic carbocycles. The van der Waals surface area contributed by atoms with Crippen LogP contribution >= 0.6 is 58.2 Å². The van der Waals surface area contributed by atoms with E-state index in [1.807, 2.05) is 95.7 Å². The molecular formula is C41H32Cl4N4O2S. The number of allylic oxidation sites excluding steroid dienone is 1. The SMILES string of the molecule is CN1C[C@H](c2ccc(Cl)cc2Cl)[C@]2(SC3=NC4=C(CCCC/C4=C\c4ccc(Cl)cc4)[C@@H](c4ccc(Cl)cc4)N3C2=O)[C@]12C(=O)Nc1ccccc12. The Balaban J connectivity index is 1.31. The number of benzene rings is 4. The minimum Gasteiger partial charge on any atom is -0.324 e. The largest absolute Gasteiger partial charge is 0.324 e. The second kappa shape index (κ2) is 12.8. The Hall–Kier alpha value is -3.56. The van der Waals surface area contributed by atoms with Crippen LogP contribution in [0.3, 0.4) is 0 Å². The predicted octanol–water partition coefficient (Wildman–Crippen LogP) is 10.5. The molecule has 9 rings (SSSR count). The van der Waals surface area contributed by atoms with Crippen LogP contribution in [-0.4, -0.2) is 45.1 Å². The van der Waals surface area contributed by atoms with Crippen molar-refractivity contribution in [2.75, 3.05) is 18.9 Å². The van der Waals surface area contributed by atoms with Crippen LogP contribution in [-0.2, 0) is 15.1 Å². The number of fused-ring (bicyclic) bond motifs is 4. The van der Waals surface area contributed by atoms with E-state index in [0.717, 1.165) is 64.8 Å². The molecule has 2 saturated heterocycles. The number of amidine groups is 1. The van der Waals surface area contributed by atoms with E-state index in [0.29, 0.717) is 37.5 Å². The van der Waals surface area contributed by atoms with Crippen LogP contribution in [0, 0.1) is 0 Å². The first-order chi connectivity index (χ1) is 25.1. The van der Waals surface area contributed by atoms with Gasteiger partial charge in [0.15, 0.2) is 10.7 Å². The van der Waals surface area contributed by atoms with Crippen molar-refractivity contribution in [3.05, 3.63) is 150 Å². The highest BCUT2D eigenvalue weighted by molar-refractivity contribution is 8.16. The zero-order chi connectivity index (χ0) is 35.9. The lowest BCUT2D eigenvalue weighted by Gasteiger charge is -2.42. The van der Waals surface area contributed by atoms with Gasteiger partial charge in [-0.1, -0.05) is 107 Å². The number of halogens is 4. The summed E-state index contributed by atoms with van der Waals surface area (Å²) in [5.74, 6) is -0.923. The first-order valence-electron chi connectivity index (χ1n) is 17.3. The number of likely N-dealkylation sites (N-methyl/N-ethyl adjacent to an activating group) is 1. The summed E-state index contributed by atoms with van der Waals surface area (Å²) < 4.78 is -1.38. The molecule has 2 spiro atoms. The zero-order valence-corrected chi connectivity index (χ0v) is 31.8. The van der Waals surface area contributed by atoms with Gasteiger partial charge in [0, 0.05) is 43.8 Å². The number of likely N-dealkylation sites (tertiary alicyclic amines) is 1. The molecule has 6 nitrogen and oxygen atoms in total. The summed E-state index contributed by atoms with van der Waals surface area (Å²) in [4.78, 5) is 40.2. The lowest BCUT2D eigenvalue weighted by molar-refractivity contribution is -0.139. The van der Waals surface area contributed by atoms with Crippen LogP contribution in [0.2, 0.25) is 20.1 Å². The number of amides is 2. The Bertz CT molecular complexity index is 2270. The van der Waals surface area contributed by atoms with Crippen LogP contribution in [0.4, 0.5) is 5.69 Å². The van der Waals surface area contributed by atoms with Crippen LogP contribution in [0.25, 0.3) is 6.08 Å². The third-order valence-electron chi connectivity index (χ3n) is 11.2. The first kappa shape index (κ1) is 34.2. The number of nitrogens with one attached hydrogen (secondary N) is 1. The van der Waals surface area contributed by atoms with E-state index in [4.69, 9.17) is 51.4 Å². The average molecular weight is 787 g/mol. The molecule has 52 heavy (non-hydrogen) atoms. The smallest absolute Gasteiger partial charge is 0.251 e. The van der Waals surface area contributed by atoms with Crippen molar-refractivity contribution < 1.29 is 9.59 Å². The van der Waals surface area contributed by atoms with Gasteiger partial charge in [-0.25, -0.2) is 4.99 Å². The third kappa shape index (κ3) is 4.93. The molecule has 0 bridgehead atoms. The van der Waals surface area contributed by atoms with Crippen LogP contribution < -0.4 is 5.32 Å². The first-order valence-corrected chi connectivity index (χ1v) is 19.6. The quantitative estimate of drug-likeness (QED) is 0.225. The number of anilines is 1. The van der Waals surface area contributed by atoms with Gasteiger partial charge in [0.25, 0.3) is 5.91 Å². The molecule has 0 unspecified atom stereocenters. The summed E-state index contributed by atoms with van der Waals surface area (Å²) in [6.45, 7) is 0.392. The normalized spacial score (nSPS) is 27.6. The van der Waals surface area contributed by atoms with Crippen molar-refractivity contribution in [1.29, 1.82) is 0 Å². The third-order valence-corrected chi connectivity index (χ3v) is 13.8. The molecule has 262 valence electrons. The Morgan fingerprint density at radius 2 is 1.56 bits per heavy atom. The molecule has 4 aromatic rings. The lowest BCUT2D eigenvalue weighted by Crippen LogP contribution is -2.62. The van der Waals surface area contributed by atoms with E-state index in [-0.39, 0.29) is 11.8 Å². The second-order valence-electron chi connectivity index (χ2n) is 14.0. The summed E-state index contributed by atoms with van der Waals surface area (Å²) in [5.41, 5.74) is 5.88. The fraction of sp³-hybridized carbons (Fsp3) is 0.244. The van der Waals surface area contributed by atoms with Crippen molar-refractivity contribution in [2.45, 2.75) is 47.9 Å². The number of aliphatic imine (C=N–C) groups is 1. The maximum absolute atomic E-state index is 16.1. The van der Waals surface area contributed by atoms with Crippen molar-refractivity contribution in [3.8, 4) is 0 Å². The Labute approximate surface area is 326 Å². The molecule has 0 radical (unpaired) electrons. The zero-order valence-electron chi connectivity index (χ0n) is 28.0. The van der Waals surface area contributed by atoms with Crippen LogP contribution in [0.15, 0.2) is 113 Å². The fourth-order valence-electron chi connectivity index (χ4n) is 9.05. The molecular weight excluding hydrogens is 754 g/mol. The molecule has 0 aromatic heterocycles. The van der Waals surface area contributed by atoms with E-state index in [2.05, 4.69) is 11.4 Å². The van der Waals surface area contributed by atoms with E-state index in [1.54, 1.807) is 12.1 Å². The Morgan fingerprint density at radius 3 is 2.31 bits per heavy atom. The van der Waals surface area contributed by atoms with Crippen molar-refractivity contribution in [3.63, 3.8) is 0 Å².